The second-order valence-electron chi connectivity index (χ2n) is 4.22. The van der Waals surface area contributed by atoms with Crippen molar-refractivity contribution in [2.75, 3.05) is 13.2 Å². The van der Waals surface area contributed by atoms with E-state index in [9.17, 15) is 25.2 Å². The zero-order valence-corrected chi connectivity index (χ0v) is 10.1. The lowest BCUT2D eigenvalue weighted by atomic mass is 9.85. The summed E-state index contributed by atoms with van der Waals surface area (Å²) in [6.45, 7) is -0.484. The number of rotatable bonds is 9. The summed E-state index contributed by atoms with van der Waals surface area (Å²) in [7, 11) is 0. The molecule has 18 heavy (non-hydrogen) atoms. The van der Waals surface area contributed by atoms with Crippen LogP contribution in [0, 0.1) is 0 Å². The molecule has 0 bridgehead atoms. The van der Waals surface area contributed by atoms with Gasteiger partial charge in [0.15, 0.2) is 5.60 Å². The Hall–Kier alpha value is -0.770. The van der Waals surface area contributed by atoms with Gasteiger partial charge in [-0.05, 0) is 25.8 Å². The van der Waals surface area contributed by atoms with Crippen molar-refractivity contribution in [2.45, 2.75) is 43.2 Å². The summed E-state index contributed by atoms with van der Waals surface area (Å²) in [4.78, 5) is 11.2. The molecule has 0 radical (unpaired) electrons. The highest BCUT2D eigenvalue weighted by atomic mass is 16.4. The molecule has 0 aliphatic rings. The second kappa shape index (κ2) is 7.62. The second-order valence-corrected chi connectivity index (χ2v) is 4.22. The van der Waals surface area contributed by atoms with Crippen molar-refractivity contribution in [1.29, 1.82) is 0 Å². The number of hydrogen-bond acceptors (Lipinski definition) is 7. The minimum Gasteiger partial charge on any atom is -0.394 e. The van der Waals surface area contributed by atoms with Crippen LogP contribution < -0.4 is 11.5 Å². The van der Waals surface area contributed by atoms with Crippen LogP contribution >= 0.6 is 0 Å². The SMILES string of the molecule is NCCCC[C@](O)(C(N)=O)[C@@H](O)[C@H](O)[C@H](O)CO. The van der Waals surface area contributed by atoms with Gasteiger partial charge in [-0.3, -0.25) is 4.79 Å². The Morgan fingerprint density at radius 1 is 1.22 bits per heavy atom. The van der Waals surface area contributed by atoms with Crippen molar-refractivity contribution in [1.82, 2.24) is 0 Å². The van der Waals surface area contributed by atoms with Gasteiger partial charge in [-0.15, -0.1) is 0 Å². The Kier molecular flexibility index (Phi) is 7.29. The number of aliphatic hydroxyl groups is 5. The van der Waals surface area contributed by atoms with Gasteiger partial charge in [-0.1, -0.05) is 0 Å². The quantitative estimate of drug-likeness (QED) is 0.211. The molecule has 0 fully saturated rings. The summed E-state index contributed by atoms with van der Waals surface area (Å²) >= 11 is 0. The minimum absolute atomic E-state index is 0.199. The number of primary amides is 1. The zero-order chi connectivity index (χ0) is 14.3. The number of nitrogens with two attached hydrogens (primary N) is 2. The molecule has 0 aromatic carbocycles. The standard InChI is InChI=1S/C10H22N2O6/c11-4-2-1-3-10(18,9(12)17)8(16)7(15)6(14)5-13/h6-8,13-16,18H,1-5,11H2,(H2,12,17)/t6-,7-,8+,10-/m1/s1. The first-order valence-corrected chi connectivity index (χ1v) is 5.68. The third-order valence-corrected chi connectivity index (χ3v) is 2.83. The Balaban J connectivity index is 4.80. The Morgan fingerprint density at radius 2 is 1.78 bits per heavy atom. The number of hydrogen-bond donors (Lipinski definition) is 7. The van der Waals surface area contributed by atoms with E-state index < -0.39 is 36.4 Å². The fourth-order valence-electron chi connectivity index (χ4n) is 1.56. The highest BCUT2D eigenvalue weighted by Gasteiger charge is 2.46. The van der Waals surface area contributed by atoms with Gasteiger partial charge in [-0.2, -0.15) is 0 Å². The number of aliphatic hydroxyl groups excluding tert-OH is 4. The summed E-state index contributed by atoms with van der Waals surface area (Å²) in [6.07, 6.45) is -4.94. The molecular weight excluding hydrogens is 244 g/mol. The largest absolute Gasteiger partial charge is 0.394 e. The van der Waals surface area contributed by atoms with Crippen LogP contribution in [0.1, 0.15) is 19.3 Å². The van der Waals surface area contributed by atoms with Crippen LogP contribution in [-0.2, 0) is 4.79 Å². The summed E-state index contributed by atoms with van der Waals surface area (Å²) in [5.41, 5.74) is 7.88. The summed E-state index contributed by atoms with van der Waals surface area (Å²) < 4.78 is 0. The molecule has 0 aliphatic carbocycles. The summed E-state index contributed by atoms with van der Waals surface area (Å²) in [5.74, 6) is -1.21. The number of carbonyl (C=O) groups excluding carboxylic acids is 1. The van der Waals surface area contributed by atoms with Crippen LogP contribution in [0.4, 0.5) is 0 Å². The first-order chi connectivity index (χ1) is 8.31. The van der Waals surface area contributed by atoms with Crippen LogP contribution in [-0.4, -0.2) is 68.5 Å². The van der Waals surface area contributed by atoms with E-state index >= 15 is 0 Å². The first-order valence-electron chi connectivity index (χ1n) is 5.68. The Bertz CT molecular complexity index is 265. The zero-order valence-electron chi connectivity index (χ0n) is 10.1. The molecule has 0 aromatic rings. The van der Waals surface area contributed by atoms with Crippen molar-refractivity contribution in [3.8, 4) is 0 Å². The van der Waals surface area contributed by atoms with E-state index in [-0.39, 0.29) is 6.42 Å². The van der Waals surface area contributed by atoms with Crippen molar-refractivity contribution >= 4 is 5.91 Å². The lowest BCUT2D eigenvalue weighted by molar-refractivity contribution is -0.175. The van der Waals surface area contributed by atoms with E-state index in [0.29, 0.717) is 19.4 Å². The minimum atomic E-state index is -2.37. The molecule has 8 nitrogen and oxygen atoms in total. The Morgan fingerprint density at radius 3 is 2.17 bits per heavy atom. The monoisotopic (exact) mass is 266 g/mol. The van der Waals surface area contributed by atoms with E-state index in [2.05, 4.69) is 0 Å². The van der Waals surface area contributed by atoms with Crippen LogP contribution in [0.15, 0.2) is 0 Å². The average molecular weight is 266 g/mol. The molecule has 108 valence electrons. The molecule has 0 aliphatic heterocycles. The maximum atomic E-state index is 11.2. The number of carbonyl (C=O) groups is 1. The van der Waals surface area contributed by atoms with Gasteiger partial charge in [0, 0.05) is 0 Å². The molecular formula is C10H22N2O6. The molecule has 0 saturated heterocycles. The fraction of sp³-hybridized carbons (Fsp3) is 0.900. The van der Waals surface area contributed by atoms with Crippen LogP contribution in [0.2, 0.25) is 0 Å². The fourth-order valence-corrected chi connectivity index (χ4v) is 1.56. The van der Waals surface area contributed by atoms with Gasteiger partial charge in [0.2, 0.25) is 0 Å². The molecule has 0 spiro atoms. The van der Waals surface area contributed by atoms with Crippen molar-refractivity contribution in [2.24, 2.45) is 11.5 Å². The topological polar surface area (TPSA) is 170 Å². The highest BCUT2D eigenvalue weighted by Crippen LogP contribution is 2.22. The molecule has 0 heterocycles. The first kappa shape index (κ1) is 17.2. The molecule has 4 atom stereocenters. The molecule has 1 amide bonds. The van der Waals surface area contributed by atoms with Gasteiger partial charge < -0.3 is 37.0 Å². The van der Waals surface area contributed by atoms with Gasteiger partial charge >= 0.3 is 0 Å². The van der Waals surface area contributed by atoms with E-state index in [1.54, 1.807) is 0 Å². The lowest BCUT2D eigenvalue weighted by Crippen LogP contribution is -2.60. The summed E-state index contributed by atoms with van der Waals surface area (Å²) in [6, 6.07) is 0. The Labute approximate surface area is 105 Å². The van der Waals surface area contributed by atoms with E-state index in [1.807, 2.05) is 0 Å². The predicted molar refractivity (Wildman–Crippen MR) is 62.2 cm³/mol. The molecule has 8 heteroatoms. The smallest absolute Gasteiger partial charge is 0.252 e. The number of unbranched alkanes of at least 4 members (excludes halogenated alkanes) is 1. The van der Waals surface area contributed by atoms with Crippen LogP contribution in [0.25, 0.3) is 0 Å². The third kappa shape index (κ3) is 4.16. The summed E-state index contributed by atoms with van der Waals surface area (Å²) in [5, 5.41) is 47.0. The van der Waals surface area contributed by atoms with Crippen LogP contribution in [0.3, 0.4) is 0 Å². The van der Waals surface area contributed by atoms with Crippen molar-refractivity contribution < 1.29 is 30.3 Å². The molecule has 9 N–H and O–H groups in total. The van der Waals surface area contributed by atoms with Gasteiger partial charge in [-0.25, -0.2) is 0 Å². The van der Waals surface area contributed by atoms with Crippen LogP contribution in [0.5, 0.6) is 0 Å². The average Bonchev–Trinajstić information content (AvgIpc) is 2.35. The maximum Gasteiger partial charge on any atom is 0.252 e. The van der Waals surface area contributed by atoms with E-state index in [1.165, 1.54) is 0 Å². The maximum absolute atomic E-state index is 11.2. The van der Waals surface area contributed by atoms with Crippen molar-refractivity contribution in [3.05, 3.63) is 0 Å². The predicted octanol–water partition coefficient (Wildman–Crippen LogP) is -3.59. The number of amides is 1. The molecule has 0 unspecified atom stereocenters. The van der Waals surface area contributed by atoms with Gasteiger partial charge in [0.1, 0.15) is 18.3 Å². The van der Waals surface area contributed by atoms with E-state index in [4.69, 9.17) is 16.6 Å². The normalized spacial score (nSPS) is 19.9. The third-order valence-electron chi connectivity index (χ3n) is 2.83. The molecule has 0 saturated carbocycles. The molecule has 0 aromatic heterocycles. The molecule has 0 rings (SSSR count). The van der Waals surface area contributed by atoms with Gasteiger partial charge in [0.25, 0.3) is 5.91 Å². The van der Waals surface area contributed by atoms with E-state index in [0.717, 1.165) is 0 Å². The highest BCUT2D eigenvalue weighted by molar-refractivity contribution is 5.84. The van der Waals surface area contributed by atoms with Gasteiger partial charge in [0.05, 0.1) is 6.61 Å². The van der Waals surface area contributed by atoms with Crippen molar-refractivity contribution in [3.63, 3.8) is 0 Å². The lowest BCUT2D eigenvalue weighted by Gasteiger charge is -2.34.